The second-order valence-electron chi connectivity index (χ2n) is 8.57. The van der Waals surface area contributed by atoms with Crippen LogP contribution < -0.4 is 0 Å². The van der Waals surface area contributed by atoms with E-state index in [1.807, 2.05) is 4.90 Å². The number of carbonyl (C=O) groups is 1. The van der Waals surface area contributed by atoms with Gasteiger partial charge in [0.2, 0.25) is 0 Å². The Labute approximate surface area is 173 Å². The molecule has 1 fully saturated rings. The first kappa shape index (κ1) is 20.1. The van der Waals surface area contributed by atoms with Gasteiger partial charge in [-0.05, 0) is 80.0 Å². The Hall–Kier alpha value is -2.20. The Morgan fingerprint density at radius 3 is 2.24 bits per heavy atom. The summed E-state index contributed by atoms with van der Waals surface area (Å²) in [5.74, 6) is 0.368. The van der Waals surface area contributed by atoms with E-state index < -0.39 is 0 Å². The third kappa shape index (κ3) is 4.69. The zero-order chi connectivity index (χ0) is 20.2. The average Bonchev–Trinajstić information content (AvgIpc) is 3.18. The molecule has 1 saturated heterocycles. The summed E-state index contributed by atoms with van der Waals surface area (Å²) in [7, 11) is 0. The Kier molecular flexibility index (Phi) is 6.29. The number of hydrogen-bond donors (Lipinski definition) is 0. The van der Waals surface area contributed by atoms with Gasteiger partial charge in [0.15, 0.2) is 0 Å². The molecule has 1 heterocycles. The van der Waals surface area contributed by atoms with E-state index in [0.717, 1.165) is 51.9 Å². The SMILES string of the molecule is CCCN(CC1CCN(C(=O)c2ccc(F)cc2)CC1)C1Cc2ccccc2C1. The molecule has 1 aliphatic carbocycles. The zero-order valence-electron chi connectivity index (χ0n) is 17.3. The lowest BCUT2D eigenvalue weighted by Crippen LogP contribution is -2.44. The number of halogens is 1. The van der Waals surface area contributed by atoms with Gasteiger partial charge in [-0.15, -0.1) is 0 Å². The van der Waals surface area contributed by atoms with E-state index in [4.69, 9.17) is 0 Å². The fourth-order valence-corrected chi connectivity index (χ4v) is 4.93. The first-order valence-electron chi connectivity index (χ1n) is 11.0. The number of fused-ring (bicyclic) bond motifs is 1. The summed E-state index contributed by atoms with van der Waals surface area (Å²) in [5, 5.41) is 0. The molecule has 0 spiro atoms. The molecule has 0 radical (unpaired) electrons. The monoisotopic (exact) mass is 394 g/mol. The van der Waals surface area contributed by atoms with Gasteiger partial charge < -0.3 is 4.90 Å². The summed E-state index contributed by atoms with van der Waals surface area (Å²) < 4.78 is 13.1. The Bertz CT molecular complexity index is 802. The van der Waals surface area contributed by atoms with Crippen molar-refractivity contribution >= 4 is 5.91 Å². The van der Waals surface area contributed by atoms with Crippen molar-refractivity contribution in [1.29, 1.82) is 0 Å². The van der Waals surface area contributed by atoms with Crippen LogP contribution in [0.4, 0.5) is 4.39 Å². The molecule has 3 nitrogen and oxygen atoms in total. The number of nitrogens with zero attached hydrogens (tertiary/aromatic N) is 2. The van der Waals surface area contributed by atoms with Crippen molar-refractivity contribution in [3.05, 3.63) is 71.0 Å². The van der Waals surface area contributed by atoms with Crippen molar-refractivity contribution < 1.29 is 9.18 Å². The molecule has 2 aliphatic rings. The van der Waals surface area contributed by atoms with Gasteiger partial charge in [0.25, 0.3) is 5.91 Å². The Morgan fingerprint density at radius 2 is 1.66 bits per heavy atom. The minimum atomic E-state index is -0.301. The third-order valence-corrected chi connectivity index (χ3v) is 6.54. The van der Waals surface area contributed by atoms with E-state index in [9.17, 15) is 9.18 Å². The first-order valence-corrected chi connectivity index (χ1v) is 11.0. The average molecular weight is 395 g/mol. The van der Waals surface area contributed by atoms with Crippen LogP contribution in [0.3, 0.4) is 0 Å². The molecule has 2 aromatic carbocycles. The van der Waals surface area contributed by atoms with E-state index in [0.29, 0.717) is 17.5 Å². The van der Waals surface area contributed by atoms with Crippen molar-refractivity contribution in [3.8, 4) is 0 Å². The standard InChI is InChI=1S/C25H31FN2O/c1-2-13-28(24-16-21-5-3-4-6-22(21)17-24)18-19-11-14-27(15-12-19)25(29)20-7-9-23(26)10-8-20/h3-10,19,24H,2,11-18H2,1H3. The van der Waals surface area contributed by atoms with Gasteiger partial charge in [-0.3, -0.25) is 9.69 Å². The highest BCUT2D eigenvalue weighted by Gasteiger charge is 2.30. The highest BCUT2D eigenvalue weighted by atomic mass is 19.1. The third-order valence-electron chi connectivity index (χ3n) is 6.54. The second kappa shape index (κ2) is 9.08. The highest BCUT2D eigenvalue weighted by Crippen LogP contribution is 2.28. The first-order chi connectivity index (χ1) is 14.1. The number of benzene rings is 2. The fourth-order valence-electron chi connectivity index (χ4n) is 4.93. The summed E-state index contributed by atoms with van der Waals surface area (Å²) in [6.45, 7) is 6.13. The molecular formula is C25H31FN2O. The number of rotatable bonds is 6. The van der Waals surface area contributed by atoms with Crippen molar-refractivity contribution in [3.63, 3.8) is 0 Å². The molecule has 0 bridgehead atoms. The molecule has 2 aromatic rings. The van der Waals surface area contributed by atoms with Gasteiger partial charge in [-0.1, -0.05) is 31.2 Å². The van der Waals surface area contributed by atoms with Crippen LogP contribution in [0.15, 0.2) is 48.5 Å². The van der Waals surface area contributed by atoms with Crippen LogP contribution in [-0.2, 0) is 12.8 Å². The van der Waals surface area contributed by atoms with Crippen molar-refractivity contribution in [2.24, 2.45) is 5.92 Å². The lowest BCUT2D eigenvalue weighted by Gasteiger charge is -2.37. The van der Waals surface area contributed by atoms with E-state index in [-0.39, 0.29) is 11.7 Å². The number of piperidine rings is 1. The van der Waals surface area contributed by atoms with Crippen molar-refractivity contribution in [2.45, 2.75) is 45.1 Å². The maximum atomic E-state index is 13.1. The van der Waals surface area contributed by atoms with Crippen LogP contribution in [0.25, 0.3) is 0 Å². The lowest BCUT2D eigenvalue weighted by atomic mass is 9.94. The van der Waals surface area contributed by atoms with Gasteiger partial charge in [-0.25, -0.2) is 4.39 Å². The topological polar surface area (TPSA) is 23.6 Å². The molecule has 1 amide bonds. The molecule has 0 atom stereocenters. The van der Waals surface area contributed by atoms with Crippen LogP contribution in [0.1, 0.15) is 47.7 Å². The molecular weight excluding hydrogens is 363 g/mol. The molecule has 0 saturated carbocycles. The molecule has 4 heteroatoms. The smallest absolute Gasteiger partial charge is 0.253 e. The predicted octanol–water partition coefficient (Wildman–Crippen LogP) is 4.56. The Morgan fingerprint density at radius 1 is 1.03 bits per heavy atom. The highest BCUT2D eigenvalue weighted by molar-refractivity contribution is 5.94. The molecule has 154 valence electrons. The van der Waals surface area contributed by atoms with Gasteiger partial charge in [-0.2, -0.15) is 0 Å². The molecule has 4 rings (SSSR count). The van der Waals surface area contributed by atoms with Crippen molar-refractivity contribution in [1.82, 2.24) is 9.80 Å². The second-order valence-corrected chi connectivity index (χ2v) is 8.57. The normalized spacial score (nSPS) is 17.7. The van der Waals surface area contributed by atoms with Crippen LogP contribution in [0, 0.1) is 11.7 Å². The zero-order valence-corrected chi connectivity index (χ0v) is 17.3. The maximum Gasteiger partial charge on any atom is 0.253 e. The largest absolute Gasteiger partial charge is 0.339 e. The predicted molar refractivity (Wildman–Crippen MR) is 115 cm³/mol. The maximum absolute atomic E-state index is 13.1. The van der Waals surface area contributed by atoms with E-state index in [2.05, 4.69) is 36.1 Å². The summed E-state index contributed by atoms with van der Waals surface area (Å²) >= 11 is 0. The summed E-state index contributed by atoms with van der Waals surface area (Å²) in [6.07, 6.45) is 5.60. The van der Waals surface area contributed by atoms with E-state index in [1.54, 1.807) is 12.1 Å². The van der Waals surface area contributed by atoms with Gasteiger partial charge in [0.05, 0.1) is 0 Å². The lowest BCUT2D eigenvalue weighted by molar-refractivity contribution is 0.0649. The minimum Gasteiger partial charge on any atom is -0.339 e. The molecule has 0 aromatic heterocycles. The quantitative estimate of drug-likeness (QED) is 0.717. The van der Waals surface area contributed by atoms with E-state index >= 15 is 0 Å². The van der Waals surface area contributed by atoms with Gasteiger partial charge >= 0.3 is 0 Å². The summed E-state index contributed by atoms with van der Waals surface area (Å²) in [6, 6.07) is 15.4. The van der Waals surface area contributed by atoms with Gasteiger partial charge in [0, 0.05) is 31.2 Å². The number of carbonyl (C=O) groups excluding carboxylic acids is 1. The van der Waals surface area contributed by atoms with Crippen LogP contribution in [-0.4, -0.2) is 47.9 Å². The summed E-state index contributed by atoms with van der Waals surface area (Å²) in [4.78, 5) is 17.3. The molecule has 0 unspecified atom stereocenters. The van der Waals surface area contributed by atoms with Crippen LogP contribution in [0.5, 0.6) is 0 Å². The number of hydrogen-bond acceptors (Lipinski definition) is 2. The van der Waals surface area contributed by atoms with Crippen molar-refractivity contribution in [2.75, 3.05) is 26.2 Å². The van der Waals surface area contributed by atoms with Gasteiger partial charge in [0.1, 0.15) is 5.82 Å². The fraction of sp³-hybridized carbons (Fsp3) is 0.480. The molecule has 29 heavy (non-hydrogen) atoms. The number of likely N-dealkylation sites (tertiary alicyclic amines) is 1. The van der Waals surface area contributed by atoms with E-state index in [1.165, 1.54) is 29.7 Å². The van der Waals surface area contributed by atoms with Crippen LogP contribution in [0.2, 0.25) is 0 Å². The molecule has 0 N–H and O–H groups in total. The molecule has 1 aliphatic heterocycles. The summed E-state index contributed by atoms with van der Waals surface area (Å²) in [5.41, 5.74) is 3.61. The number of amides is 1. The van der Waals surface area contributed by atoms with Crippen LogP contribution >= 0.6 is 0 Å². The Balaban J connectivity index is 1.32. The minimum absolute atomic E-state index is 0.0279.